The van der Waals surface area contributed by atoms with Gasteiger partial charge in [0.15, 0.2) is 54.1 Å². The van der Waals surface area contributed by atoms with Crippen LogP contribution in [0.2, 0.25) is 5.15 Å². The molecule has 141 heavy (non-hydrogen) atoms. The molecular weight excluding hydrogens is 2030 g/mol. The molecule has 0 amide bonds. The van der Waals surface area contributed by atoms with Crippen molar-refractivity contribution < 1.29 is 111 Å². The standard InChI is InChI=1S/C28H29N3O6S.C24H24N4O6S.C18H15BrN2O4.C13H13NO4.C10H16BNO4S.C5H3BrClN/c1-28(2,3)31-38(32,33)24-10-5-4-9-21(24)19-11-12-25(30-15-19)37-23-17-35-26-22(16-34-27(23)26)36-20-8-6-7-18(13-20)14-29;25-24(26)14-4-3-5-16(10-14)33-18-12-31-23-19(13-32-22(18)23)34-21-9-8-15(11-28-21)17-6-1-2-7-20(17)35(27,29)30;1-20-12-3-2-4-13(7-12)24-14-9-22-18-15(10-23-17(14)18)25-16-6-5-11(19)8-21-16;1-14-8-3-2-4-9(5-8)18-11-7-17-12-10(15)6-16-13(11)12;1-10(2,3)12-17(15,16)9-7-5-4-6-8(9)11(13)14;6-4-1-2-5(7)8-3-4/h4-13,15,22-23,26-27,31H,16-17H2,1-3H3;1-11,18-19,22-23H,12-13H2,(H3,25,26)(H2,27,29,30);2-8,14-15,17-18H,9-10H2;2-5,10-13,15H,6-7H2;4-7,12-14H,1-3H3;1-3H/t22-,23+,26+,27+;18-,19+,22+,23+;14-,15+,17+,18+;10-,11+,12-,13-;;/m0001../s1. The Labute approximate surface area is 837 Å². The number of pyridine rings is 4. The van der Waals surface area contributed by atoms with E-state index in [-0.39, 0.29) is 124 Å². The average molecular weight is 2130 g/mol. The molecule has 11 aromatic rings. The number of nitrogens with zero attached hydrogens (tertiary/aromatic N) is 7. The summed E-state index contributed by atoms with van der Waals surface area (Å²) in [6, 6.07) is 63.4. The molecule has 8 fully saturated rings. The normalized spacial score (nSPS) is 23.3. The number of primary sulfonamides is 1. The van der Waals surface area contributed by atoms with Gasteiger partial charge in [0.25, 0.3) is 0 Å². The van der Waals surface area contributed by atoms with Gasteiger partial charge in [0.2, 0.25) is 47.7 Å². The van der Waals surface area contributed by atoms with E-state index in [0.717, 1.165) is 8.95 Å². The fourth-order valence-electron chi connectivity index (χ4n) is 16.0. The molecule has 12 heterocycles. The highest BCUT2D eigenvalue weighted by Crippen LogP contribution is 2.40. The molecule has 0 radical (unpaired) electrons. The number of aliphatic hydroxyl groups excluding tert-OH is 1. The summed E-state index contributed by atoms with van der Waals surface area (Å²) in [5.74, 6) is 3.68. The van der Waals surface area contributed by atoms with E-state index >= 15 is 0 Å². The average Bonchev–Trinajstić information content (AvgIpc) is 1.78. The Morgan fingerprint density at radius 1 is 0.454 bits per heavy atom. The summed E-state index contributed by atoms with van der Waals surface area (Å²) in [4.78, 5) is 23.6. The number of amidine groups is 1. The van der Waals surface area contributed by atoms with Gasteiger partial charge in [-0.1, -0.05) is 109 Å². The van der Waals surface area contributed by atoms with Crippen molar-refractivity contribution in [3.05, 3.63) is 291 Å². The number of nitriles is 1. The number of nitrogens with two attached hydrogens (primary N) is 2. The smallest absolute Gasteiger partial charge is 0.487 e. The highest BCUT2D eigenvalue weighted by molar-refractivity contribution is 9.10. The SMILES string of the molecule is CC(C)(C)NS(=O)(=O)c1ccccc1-c1ccc(O[C@@H]2CO[C@H]3[C@@H]2OC[C@@H]3Oc2cccc(C#N)c2)nc1.CC(C)(C)NS(=O)(=O)c1ccccc1B(O)O.Clc1ccc(Br)cn1.N=C(N)c1cccc(O[C@H]2CO[C@H]3[C@@H]2OC[C@H]3Oc2ccc(-c3ccccc3S(N)(=O)=O)cn2)c1.[C-]#[N+]c1cccc(O[C@H]2CO[C@H]3[C@@H]2OC[C@H]3O)c1.[C-]#[N+]c1cccc(O[C@H]2CO[C@H]3[C@@H]2OC[C@H]3Oc2ccc(Br)cn2)c1. The minimum Gasteiger partial charge on any atom is -0.487 e. The summed E-state index contributed by atoms with van der Waals surface area (Å²) in [5.41, 5.74) is 8.71. The second-order valence-electron chi connectivity index (χ2n) is 34.9. The van der Waals surface area contributed by atoms with Gasteiger partial charge in [-0.05, 0) is 177 Å². The van der Waals surface area contributed by atoms with Crippen LogP contribution < -0.4 is 58.9 Å². The predicted octanol–water partition coefficient (Wildman–Crippen LogP) is 11.8. The first-order chi connectivity index (χ1) is 67.3. The van der Waals surface area contributed by atoms with Crippen LogP contribution in [0, 0.1) is 29.9 Å². The van der Waals surface area contributed by atoms with E-state index in [1.165, 1.54) is 30.5 Å². The first-order valence-corrected chi connectivity index (χ1v) is 50.6. The van der Waals surface area contributed by atoms with E-state index in [9.17, 15) is 30.4 Å². The highest BCUT2D eigenvalue weighted by atomic mass is 79.9. The predicted molar refractivity (Wildman–Crippen MR) is 525 cm³/mol. The first kappa shape index (κ1) is 105. The number of fused-ring (bicyclic) bond motifs is 4. The number of rotatable bonds is 23. The summed E-state index contributed by atoms with van der Waals surface area (Å²) in [6.45, 7) is 27.4. The quantitative estimate of drug-likeness (QED) is 0.00969. The lowest BCUT2D eigenvalue weighted by atomic mass is 9.80. The number of hydrogen-bond acceptors (Lipinski definition) is 30. The number of sulfonamides is 3. The van der Waals surface area contributed by atoms with Gasteiger partial charge in [-0.15, -0.1) is 0 Å². The van der Waals surface area contributed by atoms with E-state index in [1.807, 2.05) is 18.2 Å². The fourth-order valence-corrected chi connectivity index (χ4v) is 20.6. The van der Waals surface area contributed by atoms with Crippen LogP contribution in [0.5, 0.6) is 40.6 Å². The topological polar surface area (TPSA) is 486 Å². The molecule has 16 atom stereocenters. The zero-order valence-electron chi connectivity index (χ0n) is 76.6. The lowest BCUT2D eigenvalue weighted by Gasteiger charge is -2.21. The van der Waals surface area contributed by atoms with Crippen molar-refractivity contribution in [2.75, 3.05) is 52.9 Å². The van der Waals surface area contributed by atoms with Gasteiger partial charge < -0.3 is 91.9 Å². The Bertz CT molecular complexity index is 6640. The van der Waals surface area contributed by atoms with E-state index in [1.54, 1.807) is 236 Å². The van der Waals surface area contributed by atoms with Gasteiger partial charge in [-0.2, -0.15) is 5.26 Å². The zero-order chi connectivity index (χ0) is 101. The van der Waals surface area contributed by atoms with E-state index in [0.29, 0.717) is 137 Å². The second-order valence-corrected chi connectivity index (χ2v) is 41.9. The van der Waals surface area contributed by atoms with E-state index in [4.69, 9.17) is 127 Å². The second kappa shape index (κ2) is 47.0. The van der Waals surface area contributed by atoms with Gasteiger partial charge >= 0.3 is 7.12 Å². The van der Waals surface area contributed by atoms with Crippen LogP contribution in [-0.2, 0) is 68.0 Å². The highest BCUT2D eigenvalue weighted by Gasteiger charge is 2.54. The monoisotopic (exact) mass is 2130 g/mol. The van der Waals surface area contributed by atoms with Crippen LogP contribution >= 0.6 is 43.5 Å². The maximum Gasteiger partial charge on any atom is 0.489 e. The number of hydrogen-bond donors (Lipinski definition) is 8. The maximum atomic E-state index is 13.0. The minimum atomic E-state index is -3.88. The molecule has 10 N–H and O–H groups in total. The van der Waals surface area contributed by atoms with Gasteiger partial charge in [-0.25, -0.2) is 69.5 Å². The number of aliphatic hydroxyl groups is 1. The van der Waals surface area contributed by atoms with Crippen molar-refractivity contribution in [1.29, 1.82) is 10.7 Å². The summed E-state index contributed by atoms with van der Waals surface area (Å²) in [5, 5.41) is 50.4. The zero-order valence-corrected chi connectivity index (χ0v) is 83.0. The van der Waals surface area contributed by atoms with Crippen LogP contribution in [0.3, 0.4) is 0 Å². The molecule has 8 saturated heterocycles. The van der Waals surface area contributed by atoms with Crippen molar-refractivity contribution in [2.24, 2.45) is 10.9 Å². The Balaban J connectivity index is 0.000000141. The van der Waals surface area contributed by atoms with Crippen molar-refractivity contribution in [3.8, 4) is 69.0 Å². The lowest BCUT2D eigenvalue weighted by molar-refractivity contribution is 0.00864. The van der Waals surface area contributed by atoms with Crippen molar-refractivity contribution in [2.45, 2.75) is 165 Å². The molecule has 0 bridgehead atoms. The maximum absolute atomic E-state index is 13.0. The molecule has 0 unspecified atom stereocenters. The van der Waals surface area contributed by atoms with Crippen LogP contribution in [0.25, 0.3) is 31.9 Å². The van der Waals surface area contributed by atoms with Crippen LogP contribution in [0.1, 0.15) is 52.7 Å². The number of halogens is 3. The van der Waals surface area contributed by atoms with Gasteiger partial charge in [0, 0.05) is 96.3 Å². The number of nitrogens with one attached hydrogen (secondary N) is 3. The van der Waals surface area contributed by atoms with Crippen LogP contribution in [0.15, 0.2) is 267 Å². The third kappa shape index (κ3) is 28.2. The fraction of sp³-hybridized carbons (Fsp3) is 0.327. The first-order valence-electron chi connectivity index (χ1n) is 44.1. The molecule has 7 aromatic carbocycles. The number of aromatic nitrogens is 4. The van der Waals surface area contributed by atoms with Crippen LogP contribution in [-0.4, -0.2) is 235 Å². The van der Waals surface area contributed by atoms with Gasteiger partial charge in [0.1, 0.15) is 88.9 Å². The third-order valence-corrected chi connectivity index (χ3v) is 27.8. The molecule has 8 aliphatic heterocycles. The molecule has 738 valence electrons. The van der Waals surface area contributed by atoms with Gasteiger partial charge in [-0.3, -0.25) is 5.41 Å². The lowest BCUT2D eigenvalue weighted by Crippen LogP contribution is -2.44. The molecular formula is C98H100BBr2ClN12O24S3. The van der Waals surface area contributed by atoms with E-state index < -0.39 is 54.4 Å². The molecule has 19 rings (SSSR count). The molecule has 43 heteroatoms. The third-order valence-electron chi connectivity index (χ3n) is 22.1. The minimum absolute atomic E-state index is 0.0294. The summed E-state index contributed by atoms with van der Waals surface area (Å²) in [7, 11) is -13.2. The Kier molecular flexibility index (Phi) is 35.0. The number of benzene rings is 7. The van der Waals surface area contributed by atoms with E-state index in [2.05, 4.69) is 77.0 Å². The van der Waals surface area contributed by atoms with Gasteiger partial charge in [0.05, 0.1) is 92.3 Å². The number of nitrogen functional groups attached to an aromatic ring is 1. The molecule has 8 aliphatic rings. The Morgan fingerprint density at radius 3 is 1.20 bits per heavy atom. The summed E-state index contributed by atoms with van der Waals surface area (Å²) >= 11 is 12.1. The van der Waals surface area contributed by atoms with Crippen LogP contribution in [0.4, 0.5) is 11.4 Å². The Morgan fingerprint density at radius 2 is 0.809 bits per heavy atom. The summed E-state index contributed by atoms with van der Waals surface area (Å²) < 4.78 is 169. The van der Waals surface area contributed by atoms with Crippen molar-refractivity contribution in [3.63, 3.8) is 0 Å². The molecule has 36 nitrogen and oxygen atoms in total. The molecule has 0 saturated carbocycles. The number of ether oxygens (including phenoxy) is 15. The molecule has 0 spiro atoms. The molecule has 4 aromatic heterocycles. The molecule has 0 aliphatic carbocycles. The Hall–Kier alpha value is -11.7. The summed E-state index contributed by atoms with van der Waals surface area (Å²) in [6.07, 6.45) is 1.63. The van der Waals surface area contributed by atoms with Crippen molar-refractivity contribution >= 4 is 103 Å². The van der Waals surface area contributed by atoms with Crippen molar-refractivity contribution in [1.82, 2.24) is 29.4 Å². The largest absolute Gasteiger partial charge is 0.489 e.